The van der Waals surface area contributed by atoms with Gasteiger partial charge in [0, 0.05) is 11.6 Å². The number of benzene rings is 1. The van der Waals surface area contributed by atoms with E-state index in [0.29, 0.717) is 17.5 Å². The highest BCUT2D eigenvalue weighted by atomic mass is 32.1. The van der Waals surface area contributed by atoms with Crippen molar-refractivity contribution in [2.24, 2.45) is 0 Å². The molecule has 0 unspecified atom stereocenters. The highest BCUT2D eigenvalue weighted by Crippen LogP contribution is 2.34. The monoisotopic (exact) mass is 279 g/mol. The van der Waals surface area contributed by atoms with Crippen LogP contribution >= 0.6 is 11.3 Å². The average Bonchev–Trinajstić information content (AvgIpc) is 2.85. The van der Waals surface area contributed by atoms with Gasteiger partial charge in [0.05, 0.1) is 14.2 Å². The molecule has 1 aromatic heterocycles. The van der Waals surface area contributed by atoms with E-state index in [1.807, 2.05) is 18.2 Å². The van der Waals surface area contributed by atoms with Crippen LogP contribution in [0.15, 0.2) is 18.2 Å². The van der Waals surface area contributed by atoms with Crippen molar-refractivity contribution in [3.05, 3.63) is 18.2 Å². The molecule has 0 radical (unpaired) electrons. The van der Waals surface area contributed by atoms with Gasteiger partial charge in [-0.3, -0.25) is 0 Å². The topological polar surface area (TPSA) is 56.3 Å². The molecule has 0 atom stereocenters. The lowest BCUT2D eigenvalue weighted by Crippen LogP contribution is -2.08. The minimum absolute atomic E-state index is 0.339. The summed E-state index contributed by atoms with van der Waals surface area (Å²) in [6, 6.07) is 6.05. The highest BCUT2D eigenvalue weighted by Gasteiger charge is 2.11. The normalized spacial score (nSPS) is 10.6. The molecule has 2 rings (SSSR count). The molecule has 1 N–H and O–H groups in total. The van der Waals surface area contributed by atoms with Gasteiger partial charge >= 0.3 is 0 Å². The number of nitrogens with one attached hydrogen (secondary N) is 1. The Labute approximate surface area is 116 Å². The van der Waals surface area contributed by atoms with Gasteiger partial charge in [0.2, 0.25) is 5.13 Å². The Hall–Kier alpha value is -1.82. The first-order valence-corrected chi connectivity index (χ1v) is 6.78. The van der Waals surface area contributed by atoms with E-state index in [-0.39, 0.29) is 0 Å². The number of rotatable bonds is 5. The van der Waals surface area contributed by atoms with E-state index in [1.165, 1.54) is 11.3 Å². The van der Waals surface area contributed by atoms with Crippen LogP contribution in [0.1, 0.15) is 13.8 Å². The maximum Gasteiger partial charge on any atom is 0.206 e. The number of nitrogens with zero attached hydrogens (tertiary/aromatic N) is 2. The Morgan fingerprint density at radius 3 is 2.47 bits per heavy atom. The smallest absolute Gasteiger partial charge is 0.206 e. The quantitative estimate of drug-likeness (QED) is 0.911. The number of anilines is 1. The minimum atomic E-state index is 0.339. The molecule has 0 bridgehead atoms. The molecule has 102 valence electrons. The lowest BCUT2D eigenvalue weighted by molar-refractivity contribution is 0.355. The number of aromatic nitrogens is 2. The number of hydrogen-bond acceptors (Lipinski definition) is 6. The van der Waals surface area contributed by atoms with Gasteiger partial charge in [-0.25, -0.2) is 0 Å². The van der Waals surface area contributed by atoms with Crippen molar-refractivity contribution < 1.29 is 9.47 Å². The number of hydrogen-bond donors (Lipinski definition) is 1. The molecule has 5 nitrogen and oxygen atoms in total. The van der Waals surface area contributed by atoms with Crippen molar-refractivity contribution in [3.8, 4) is 22.1 Å². The fourth-order valence-electron chi connectivity index (χ4n) is 1.61. The van der Waals surface area contributed by atoms with Crippen molar-refractivity contribution >= 4 is 16.5 Å². The van der Waals surface area contributed by atoms with E-state index < -0.39 is 0 Å². The van der Waals surface area contributed by atoms with Gasteiger partial charge in [-0.05, 0) is 32.0 Å². The molecular formula is C13H17N3O2S. The molecule has 0 saturated heterocycles. The SMILES string of the molecule is COc1ccc(-c2nnc(NC(C)C)s2)cc1OC. The zero-order chi connectivity index (χ0) is 13.8. The zero-order valence-corrected chi connectivity index (χ0v) is 12.2. The Kier molecular flexibility index (Phi) is 4.21. The van der Waals surface area contributed by atoms with E-state index in [9.17, 15) is 0 Å². The van der Waals surface area contributed by atoms with Crippen molar-refractivity contribution in [1.29, 1.82) is 0 Å². The molecule has 0 saturated carbocycles. The van der Waals surface area contributed by atoms with E-state index in [2.05, 4.69) is 29.4 Å². The summed E-state index contributed by atoms with van der Waals surface area (Å²) in [7, 11) is 3.24. The van der Waals surface area contributed by atoms with E-state index in [4.69, 9.17) is 9.47 Å². The highest BCUT2D eigenvalue weighted by molar-refractivity contribution is 7.18. The third-order valence-electron chi connectivity index (χ3n) is 2.47. The molecule has 0 aliphatic rings. The van der Waals surface area contributed by atoms with Crippen LogP contribution < -0.4 is 14.8 Å². The first-order chi connectivity index (χ1) is 9.13. The second-order valence-corrected chi connectivity index (χ2v) is 5.26. The molecule has 0 fully saturated rings. The van der Waals surface area contributed by atoms with Gasteiger partial charge in [-0.2, -0.15) is 0 Å². The summed E-state index contributed by atoms with van der Waals surface area (Å²) >= 11 is 1.52. The molecule has 6 heteroatoms. The summed E-state index contributed by atoms with van der Waals surface area (Å²) in [4.78, 5) is 0. The van der Waals surface area contributed by atoms with Gasteiger partial charge in [-0.15, -0.1) is 10.2 Å². The second kappa shape index (κ2) is 5.88. The molecule has 0 spiro atoms. The predicted molar refractivity (Wildman–Crippen MR) is 77.2 cm³/mol. The third-order valence-corrected chi connectivity index (χ3v) is 3.37. The van der Waals surface area contributed by atoms with Crippen LogP contribution in [0.4, 0.5) is 5.13 Å². The van der Waals surface area contributed by atoms with Crippen LogP contribution in [-0.4, -0.2) is 30.5 Å². The van der Waals surface area contributed by atoms with Crippen LogP contribution in [0.3, 0.4) is 0 Å². The summed E-state index contributed by atoms with van der Waals surface area (Å²) in [5, 5.41) is 13.2. The third kappa shape index (κ3) is 3.14. The number of ether oxygens (including phenoxy) is 2. The van der Waals surface area contributed by atoms with E-state index >= 15 is 0 Å². The van der Waals surface area contributed by atoms with Gasteiger partial charge < -0.3 is 14.8 Å². The predicted octanol–water partition coefficient (Wildman–Crippen LogP) is 3.04. The second-order valence-electron chi connectivity index (χ2n) is 4.28. The Morgan fingerprint density at radius 1 is 1.11 bits per heavy atom. The van der Waals surface area contributed by atoms with E-state index in [1.54, 1.807) is 14.2 Å². The largest absolute Gasteiger partial charge is 0.493 e. The molecule has 1 aromatic carbocycles. The van der Waals surface area contributed by atoms with Gasteiger partial charge in [0.15, 0.2) is 11.5 Å². The minimum Gasteiger partial charge on any atom is -0.493 e. The van der Waals surface area contributed by atoms with Gasteiger partial charge in [-0.1, -0.05) is 11.3 Å². The summed E-state index contributed by atoms with van der Waals surface area (Å²) in [6.07, 6.45) is 0. The summed E-state index contributed by atoms with van der Waals surface area (Å²) < 4.78 is 10.5. The van der Waals surface area contributed by atoms with Crippen LogP contribution in [0.5, 0.6) is 11.5 Å². The number of methoxy groups -OCH3 is 2. The molecule has 2 aromatic rings. The Bertz CT molecular complexity index is 555. The van der Waals surface area contributed by atoms with Crippen molar-refractivity contribution in [2.75, 3.05) is 19.5 Å². The molecule has 19 heavy (non-hydrogen) atoms. The van der Waals surface area contributed by atoms with Crippen LogP contribution in [0.2, 0.25) is 0 Å². The van der Waals surface area contributed by atoms with Crippen molar-refractivity contribution in [1.82, 2.24) is 10.2 Å². The molecule has 0 amide bonds. The van der Waals surface area contributed by atoms with Gasteiger partial charge in [0.25, 0.3) is 0 Å². The van der Waals surface area contributed by atoms with Gasteiger partial charge in [0.1, 0.15) is 5.01 Å². The maximum absolute atomic E-state index is 5.29. The Morgan fingerprint density at radius 2 is 1.84 bits per heavy atom. The zero-order valence-electron chi connectivity index (χ0n) is 11.4. The lowest BCUT2D eigenvalue weighted by Gasteiger charge is -2.07. The summed E-state index contributed by atoms with van der Waals surface area (Å²) in [5.41, 5.74) is 0.965. The van der Waals surface area contributed by atoms with Crippen molar-refractivity contribution in [2.45, 2.75) is 19.9 Å². The van der Waals surface area contributed by atoms with E-state index in [0.717, 1.165) is 15.7 Å². The average molecular weight is 279 g/mol. The maximum atomic E-state index is 5.29. The lowest BCUT2D eigenvalue weighted by atomic mass is 10.2. The van der Waals surface area contributed by atoms with Crippen LogP contribution in [0, 0.1) is 0 Å². The first kappa shape index (κ1) is 13.6. The molecule has 1 heterocycles. The molecule has 0 aliphatic heterocycles. The van der Waals surface area contributed by atoms with Crippen LogP contribution in [0.25, 0.3) is 10.6 Å². The fraction of sp³-hybridized carbons (Fsp3) is 0.385. The summed E-state index contributed by atoms with van der Waals surface area (Å²) in [5.74, 6) is 1.39. The first-order valence-electron chi connectivity index (χ1n) is 5.96. The van der Waals surface area contributed by atoms with Crippen molar-refractivity contribution in [3.63, 3.8) is 0 Å². The fourth-order valence-corrected chi connectivity index (χ4v) is 2.50. The standard InChI is InChI=1S/C13H17N3O2S/c1-8(2)14-13-16-15-12(19-13)9-5-6-10(17-3)11(7-9)18-4/h5-8H,1-4H3,(H,14,16). The molecule has 0 aliphatic carbocycles. The Balaban J connectivity index is 2.28. The van der Waals surface area contributed by atoms with Crippen LogP contribution in [-0.2, 0) is 0 Å². The summed E-state index contributed by atoms with van der Waals surface area (Å²) in [6.45, 7) is 4.13. The molecular weight excluding hydrogens is 262 g/mol.